The number of nitrogens with zero attached hydrogens (tertiary/aromatic N) is 6. The first kappa shape index (κ1) is 29.2. The molecule has 0 radical (unpaired) electrons. The number of carbonyl (C=O) groups excluding carboxylic acids is 1. The van der Waals surface area contributed by atoms with Crippen LogP contribution in [0.1, 0.15) is 30.5 Å². The van der Waals surface area contributed by atoms with Crippen molar-refractivity contribution >= 4 is 27.8 Å². The van der Waals surface area contributed by atoms with Gasteiger partial charge in [-0.1, -0.05) is 30.3 Å². The van der Waals surface area contributed by atoms with E-state index in [1.165, 1.54) is 6.07 Å². The predicted octanol–water partition coefficient (Wildman–Crippen LogP) is 5.07. The van der Waals surface area contributed by atoms with Gasteiger partial charge in [0.15, 0.2) is 0 Å². The van der Waals surface area contributed by atoms with Crippen LogP contribution in [0.25, 0.3) is 33.2 Å². The van der Waals surface area contributed by atoms with Crippen molar-refractivity contribution in [1.29, 1.82) is 0 Å². The maximum absolute atomic E-state index is 14.0. The number of hydrogen-bond donors (Lipinski definition) is 1. The molecule has 0 unspecified atom stereocenters. The lowest BCUT2D eigenvalue weighted by molar-refractivity contribution is -0.149. The number of aromatic nitrogens is 5. The minimum atomic E-state index is -4.72. The van der Waals surface area contributed by atoms with Crippen LogP contribution in [0.4, 0.5) is 13.2 Å². The summed E-state index contributed by atoms with van der Waals surface area (Å²) in [6.45, 7) is 2.25. The number of ether oxygens (including phenoxy) is 2. The van der Waals surface area contributed by atoms with E-state index in [9.17, 15) is 18.0 Å². The Bertz CT molecular complexity index is 1850. The van der Waals surface area contributed by atoms with E-state index in [0.717, 1.165) is 28.3 Å². The normalized spacial score (nSPS) is 18.6. The van der Waals surface area contributed by atoms with E-state index in [-0.39, 0.29) is 17.1 Å². The Labute approximate surface area is 256 Å². The Morgan fingerprint density at radius 3 is 2.58 bits per heavy atom. The number of rotatable bonds is 6. The quantitative estimate of drug-likeness (QED) is 0.283. The summed E-state index contributed by atoms with van der Waals surface area (Å²) < 4.78 is 54.3. The number of aromatic amines is 1. The first-order valence-electron chi connectivity index (χ1n) is 14.9. The zero-order valence-corrected chi connectivity index (χ0v) is 24.6. The van der Waals surface area contributed by atoms with Gasteiger partial charge in [0.25, 0.3) is 0 Å². The maximum atomic E-state index is 14.0. The zero-order valence-electron chi connectivity index (χ0n) is 24.6. The lowest BCUT2D eigenvalue weighted by atomic mass is 10.0. The van der Waals surface area contributed by atoms with Gasteiger partial charge >= 0.3 is 6.18 Å². The maximum Gasteiger partial charge on any atom is 0.449 e. The zero-order chi connectivity index (χ0) is 31.1. The Hall–Kier alpha value is -4.49. The van der Waals surface area contributed by atoms with Crippen molar-refractivity contribution in [2.24, 2.45) is 0 Å². The Morgan fingerprint density at radius 2 is 1.80 bits per heavy atom. The number of carbonyl (C=O) groups is 1. The van der Waals surface area contributed by atoms with Gasteiger partial charge in [0.1, 0.15) is 18.4 Å². The third-order valence-corrected chi connectivity index (χ3v) is 8.72. The van der Waals surface area contributed by atoms with E-state index in [4.69, 9.17) is 14.5 Å². The highest BCUT2D eigenvalue weighted by Gasteiger charge is 2.40. The molecular formula is C32H32F3N7O3. The first-order chi connectivity index (χ1) is 21.8. The van der Waals surface area contributed by atoms with E-state index in [0.29, 0.717) is 55.8 Å². The molecule has 5 aromatic rings. The number of amides is 1. The van der Waals surface area contributed by atoms with Crippen LogP contribution in [0.15, 0.2) is 60.8 Å². The molecule has 234 valence electrons. The molecule has 1 amide bonds. The third-order valence-electron chi connectivity index (χ3n) is 8.72. The average Bonchev–Trinajstić information content (AvgIpc) is 3.70. The number of pyridine rings is 1. The molecule has 2 aliphatic heterocycles. The number of para-hydroxylation sites is 3. The topological polar surface area (TPSA) is 101 Å². The van der Waals surface area contributed by atoms with Crippen LogP contribution in [0.2, 0.25) is 0 Å². The van der Waals surface area contributed by atoms with Gasteiger partial charge in [0, 0.05) is 44.3 Å². The number of nitrogens with one attached hydrogen (secondary N) is 1. The van der Waals surface area contributed by atoms with Crippen LogP contribution in [0, 0.1) is 0 Å². The summed E-state index contributed by atoms with van der Waals surface area (Å²) in [5.74, 6) is -0.568. The van der Waals surface area contributed by atoms with Crippen molar-refractivity contribution in [3.05, 3.63) is 72.4 Å². The van der Waals surface area contributed by atoms with E-state index in [1.807, 2.05) is 30.3 Å². The molecule has 5 heterocycles. The molecule has 0 spiro atoms. The second-order valence-corrected chi connectivity index (χ2v) is 11.4. The van der Waals surface area contributed by atoms with Gasteiger partial charge in [-0.05, 0) is 37.1 Å². The molecule has 0 saturated carbocycles. The fourth-order valence-corrected chi connectivity index (χ4v) is 6.49. The summed E-state index contributed by atoms with van der Waals surface area (Å²) in [7, 11) is 1.56. The van der Waals surface area contributed by atoms with Gasteiger partial charge in [-0.15, -0.1) is 0 Å². The molecule has 2 fully saturated rings. The highest BCUT2D eigenvalue weighted by Crippen LogP contribution is 2.35. The number of piperazine rings is 1. The van der Waals surface area contributed by atoms with Crippen LogP contribution < -0.4 is 4.74 Å². The number of H-pyrrole nitrogens is 1. The standard InChI is InChI=1S/C32H32F3N7O3/c1-44-30-22(16-20-6-2-3-7-23(20)38-30)25-17-36-29(37-25)27-18-40(21-10-14-45-15-11-21)12-13-41(27)28(43)19-42-26-9-5-4-8-24(26)39-31(42)32(33,34)35/h2-9,16-17,21,27H,10-15,18-19H2,1H3,(H,36,37)/t27-/m0/s1. The molecule has 0 bridgehead atoms. The summed E-state index contributed by atoms with van der Waals surface area (Å²) in [5.41, 5.74) is 2.61. The van der Waals surface area contributed by atoms with Crippen LogP contribution in [-0.2, 0) is 22.3 Å². The fraction of sp³-hybridized carbons (Fsp3) is 0.375. The van der Waals surface area contributed by atoms with E-state index in [2.05, 4.69) is 19.9 Å². The molecular weight excluding hydrogens is 587 g/mol. The highest BCUT2D eigenvalue weighted by atomic mass is 19.4. The van der Waals surface area contributed by atoms with Gasteiger partial charge in [-0.2, -0.15) is 13.2 Å². The number of benzene rings is 2. The van der Waals surface area contributed by atoms with Crippen molar-refractivity contribution in [2.75, 3.05) is 40.0 Å². The highest BCUT2D eigenvalue weighted by molar-refractivity contribution is 5.85. The predicted molar refractivity (Wildman–Crippen MR) is 160 cm³/mol. The first-order valence-corrected chi connectivity index (χ1v) is 14.9. The third kappa shape index (κ3) is 5.61. The summed E-state index contributed by atoms with van der Waals surface area (Å²) in [6, 6.07) is 15.8. The minimum absolute atomic E-state index is 0.187. The number of imidazole rings is 2. The molecule has 13 heteroatoms. The number of halogens is 3. The summed E-state index contributed by atoms with van der Waals surface area (Å²) in [4.78, 5) is 34.5. The van der Waals surface area contributed by atoms with Gasteiger partial charge in [-0.25, -0.2) is 15.0 Å². The van der Waals surface area contributed by atoms with Gasteiger partial charge in [0.05, 0.1) is 41.1 Å². The van der Waals surface area contributed by atoms with E-state index in [1.54, 1.807) is 36.4 Å². The van der Waals surface area contributed by atoms with Crippen molar-refractivity contribution < 1.29 is 27.4 Å². The Kier molecular flexibility index (Phi) is 7.66. The van der Waals surface area contributed by atoms with Crippen LogP contribution >= 0.6 is 0 Å². The molecule has 0 aliphatic carbocycles. The SMILES string of the molecule is COc1nc2ccccc2cc1-c1cnc([C@@H]2CN(C3CCOCC3)CCN2C(=O)Cn2c(C(F)(F)F)nc3ccccc32)[nH]1. The molecule has 1 atom stereocenters. The van der Waals surface area contributed by atoms with Gasteiger partial charge in [-0.3, -0.25) is 9.69 Å². The van der Waals surface area contributed by atoms with Crippen LogP contribution in [0.3, 0.4) is 0 Å². The lowest BCUT2D eigenvalue weighted by Gasteiger charge is -2.44. The summed E-state index contributed by atoms with van der Waals surface area (Å²) in [6.07, 6.45) is -1.28. The van der Waals surface area contributed by atoms with E-state index < -0.39 is 30.5 Å². The van der Waals surface area contributed by atoms with Crippen LogP contribution in [-0.4, -0.2) is 86.2 Å². The molecule has 2 aliphatic rings. The molecule has 45 heavy (non-hydrogen) atoms. The van der Waals surface area contributed by atoms with Crippen molar-refractivity contribution in [3.63, 3.8) is 0 Å². The molecule has 1 N–H and O–H groups in total. The van der Waals surface area contributed by atoms with Crippen molar-refractivity contribution in [2.45, 2.75) is 37.6 Å². The second kappa shape index (κ2) is 11.8. The van der Waals surface area contributed by atoms with Crippen LogP contribution in [0.5, 0.6) is 5.88 Å². The van der Waals surface area contributed by atoms with Crippen molar-refractivity contribution in [3.8, 4) is 17.1 Å². The minimum Gasteiger partial charge on any atom is -0.480 e. The van der Waals surface area contributed by atoms with E-state index >= 15 is 0 Å². The summed E-state index contributed by atoms with van der Waals surface area (Å²) >= 11 is 0. The molecule has 3 aromatic heterocycles. The molecule has 2 aromatic carbocycles. The Morgan fingerprint density at radius 1 is 1.04 bits per heavy atom. The number of hydrogen-bond acceptors (Lipinski definition) is 7. The molecule has 7 rings (SSSR count). The number of alkyl halides is 3. The largest absolute Gasteiger partial charge is 0.480 e. The molecule has 10 nitrogen and oxygen atoms in total. The summed E-state index contributed by atoms with van der Waals surface area (Å²) in [5, 5.41) is 0.928. The molecule has 2 saturated heterocycles. The second-order valence-electron chi connectivity index (χ2n) is 11.4. The number of fused-ring (bicyclic) bond motifs is 2. The van der Waals surface area contributed by atoms with Gasteiger partial charge < -0.3 is 23.9 Å². The lowest BCUT2D eigenvalue weighted by Crippen LogP contribution is -2.55. The smallest absolute Gasteiger partial charge is 0.449 e. The average molecular weight is 620 g/mol. The van der Waals surface area contributed by atoms with Gasteiger partial charge in [0.2, 0.25) is 17.6 Å². The number of methoxy groups -OCH3 is 1. The Balaban J connectivity index is 1.24. The fourth-order valence-electron chi connectivity index (χ4n) is 6.49. The monoisotopic (exact) mass is 619 g/mol. The van der Waals surface area contributed by atoms with Crippen molar-refractivity contribution in [1.82, 2.24) is 34.3 Å².